The number of thiazole rings is 1. The highest BCUT2D eigenvalue weighted by molar-refractivity contribution is 9.10. The summed E-state index contributed by atoms with van der Waals surface area (Å²) >= 11 is 11.0. The van der Waals surface area contributed by atoms with E-state index in [4.69, 9.17) is 26.1 Å². The minimum atomic E-state index is -0.916. The number of likely N-dealkylation sites (N-methyl/N-ethyl adjacent to an activating group) is 1. The first-order valence-electron chi connectivity index (χ1n) is 12.4. The number of fused-ring (bicyclic) bond motifs is 2. The number of carbonyl (C=O) groups excluding carboxylic acids is 2. The van der Waals surface area contributed by atoms with Crippen LogP contribution in [0.4, 0.5) is 5.69 Å². The predicted octanol–water partition coefficient (Wildman–Crippen LogP) is 4.35. The molecule has 0 spiro atoms. The predicted molar refractivity (Wildman–Crippen MR) is 154 cm³/mol. The number of esters is 1. The van der Waals surface area contributed by atoms with E-state index in [2.05, 4.69) is 15.9 Å². The SMILES string of the molecule is CCCC1=C(C(=O)OCC)[C@H](c2cc(Cl)ccc2OC)n2c(s/c(=C3/C(=O)N(C)c4ccc(Br)cc43)c2=O)=N1. The number of rotatable bonds is 6. The van der Waals surface area contributed by atoms with Gasteiger partial charge in [0.15, 0.2) is 4.80 Å². The van der Waals surface area contributed by atoms with E-state index < -0.39 is 17.6 Å². The number of aromatic nitrogens is 1. The average molecular weight is 631 g/mol. The van der Waals surface area contributed by atoms with Gasteiger partial charge in [-0.05, 0) is 49.7 Å². The second-order valence-electron chi connectivity index (χ2n) is 9.02. The Morgan fingerprint density at radius 3 is 2.64 bits per heavy atom. The zero-order valence-corrected chi connectivity index (χ0v) is 24.9. The van der Waals surface area contributed by atoms with E-state index in [1.165, 1.54) is 16.6 Å². The smallest absolute Gasteiger partial charge is 0.338 e. The third-order valence-corrected chi connectivity index (χ3v) is 8.47. The Balaban J connectivity index is 1.90. The van der Waals surface area contributed by atoms with Gasteiger partial charge in [0.25, 0.3) is 11.5 Å². The quantitative estimate of drug-likeness (QED) is 0.378. The van der Waals surface area contributed by atoms with Crippen molar-refractivity contribution in [1.29, 1.82) is 0 Å². The summed E-state index contributed by atoms with van der Waals surface area (Å²) in [5, 5.41) is 0.416. The Labute approximate surface area is 242 Å². The van der Waals surface area contributed by atoms with Crippen LogP contribution in [0.25, 0.3) is 5.57 Å². The van der Waals surface area contributed by atoms with Crippen molar-refractivity contribution in [2.45, 2.75) is 32.7 Å². The fraction of sp³-hybridized carbons (Fsp3) is 0.286. The zero-order chi connectivity index (χ0) is 28.0. The van der Waals surface area contributed by atoms with Crippen LogP contribution in [0.2, 0.25) is 5.02 Å². The molecule has 1 aromatic heterocycles. The van der Waals surface area contributed by atoms with Crippen molar-refractivity contribution < 1.29 is 19.1 Å². The second-order valence-corrected chi connectivity index (χ2v) is 11.4. The molecule has 202 valence electrons. The van der Waals surface area contributed by atoms with E-state index in [0.717, 1.165) is 15.8 Å². The van der Waals surface area contributed by atoms with Crippen LogP contribution in [-0.4, -0.2) is 37.2 Å². The Kier molecular flexibility index (Phi) is 7.54. The van der Waals surface area contributed by atoms with Gasteiger partial charge >= 0.3 is 5.97 Å². The van der Waals surface area contributed by atoms with Crippen molar-refractivity contribution >= 4 is 62.0 Å². The van der Waals surface area contributed by atoms with Gasteiger partial charge in [-0.15, -0.1) is 0 Å². The lowest BCUT2D eigenvalue weighted by atomic mass is 9.93. The molecule has 5 rings (SSSR count). The molecule has 0 fully saturated rings. The molecule has 11 heteroatoms. The van der Waals surface area contributed by atoms with Crippen LogP contribution in [0.5, 0.6) is 5.75 Å². The van der Waals surface area contributed by atoms with Gasteiger partial charge in [0.2, 0.25) is 0 Å². The van der Waals surface area contributed by atoms with Gasteiger partial charge in [-0.1, -0.05) is 52.2 Å². The molecule has 3 heterocycles. The molecule has 0 saturated heterocycles. The lowest BCUT2D eigenvalue weighted by molar-refractivity contribution is -0.139. The van der Waals surface area contributed by atoms with Gasteiger partial charge in [-0.25, -0.2) is 9.79 Å². The van der Waals surface area contributed by atoms with Crippen molar-refractivity contribution in [3.05, 3.63) is 88.0 Å². The van der Waals surface area contributed by atoms with Crippen molar-refractivity contribution in [2.24, 2.45) is 4.99 Å². The van der Waals surface area contributed by atoms with Gasteiger partial charge in [0.1, 0.15) is 16.3 Å². The summed E-state index contributed by atoms with van der Waals surface area (Å²) in [5.41, 5.74) is 2.51. The third kappa shape index (κ3) is 4.54. The van der Waals surface area contributed by atoms with E-state index in [1.807, 2.05) is 25.1 Å². The number of methoxy groups -OCH3 is 1. The number of ether oxygens (including phenoxy) is 2. The molecule has 1 amide bonds. The first kappa shape index (κ1) is 27.4. The van der Waals surface area contributed by atoms with E-state index >= 15 is 0 Å². The van der Waals surface area contributed by atoms with Crippen LogP contribution in [0.1, 0.15) is 43.9 Å². The maximum atomic E-state index is 14.3. The van der Waals surface area contributed by atoms with Gasteiger partial charge in [0.05, 0.1) is 36.2 Å². The van der Waals surface area contributed by atoms with Crippen LogP contribution >= 0.6 is 38.9 Å². The van der Waals surface area contributed by atoms with E-state index in [-0.39, 0.29) is 22.6 Å². The van der Waals surface area contributed by atoms with Crippen molar-refractivity contribution in [2.75, 3.05) is 25.7 Å². The molecule has 39 heavy (non-hydrogen) atoms. The van der Waals surface area contributed by atoms with Crippen LogP contribution < -0.4 is 24.5 Å². The molecular formula is C28H25BrClN3O5S. The van der Waals surface area contributed by atoms with Crippen LogP contribution in [0.3, 0.4) is 0 Å². The molecule has 0 saturated carbocycles. The first-order valence-corrected chi connectivity index (χ1v) is 14.4. The molecule has 2 aliphatic rings. The number of hydrogen-bond acceptors (Lipinski definition) is 7. The number of benzene rings is 2. The van der Waals surface area contributed by atoms with Crippen LogP contribution in [-0.2, 0) is 14.3 Å². The Morgan fingerprint density at radius 1 is 1.18 bits per heavy atom. The average Bonchev–Trinajstić information content (AvgIpc) is 3.35. The maximum absolute atomic E-state index is 14.3. The van der Waals surface area contributed by atoms with Crippen molar-refractivity contribution in [3.8, 4) is 5.75 Å². The fourth-order valence-electron chi connectivity index (χ4n) is 5.00. The molecule has 0 N–H and O–H groups in total. The molecule has 0 aliphatic carbocycles. The number of allylic oxidation sites excluding steroid dienone is 1. The standard InChI is InChI=1S/C28H25BrClN3O5S/c1-5-7-18-22(27(36)38-6-2)23(17-13-15(30)9-11-20(17)37-4)33-26(35)24(39-28(33)31-18)21-16-12-14(29)8-10-19(16)32(3)25(21)34/h8-13,23H,5-7H2,1-4H3/b24-21+/t23-/m0/s1. The molecule has 0 radical (unpaired) electrons. The maximum Gasteiger partial charge on any atom is 0.338 e. The first-order chi connectivity index (χ1) is 18.7. The normalized spacial score (nSPS) is 17.6. The lowest BCUT2D eigenvalue weighted by Crippen LogP contribution is -2.41. The van der Waals surface area contributed by atoms with E-state index in [0.29, 0.717) is 56.5 Å². The molecule has 8 nitrogen and oxygen atoms in total. The highest BCUT2D eigenvalue weighted by atomic mass is 79.9. The summed E-state index contributed by atoms with van der Waals surface area (Å²) in [6.07, 6.45) is 1.20. The minimum Gasteiger partial charge on any atom is -0.496 e. The zero-order valence-electron chi connectivity index (χ0n) is 21.7. The summed E-state index contributed by atoms with van der Waals surface area (Å²) in [6.45, 7) is 3.86. The Morgan fingerprint density at radius 2 is 1.95 bits per heavy atom. The summed E-state index contributed by atoms with van der Waals surface area (Å²) < 4.78 is 13.6. The van der Waals surface area contributed by atoms with Crippen molar-refractivity contribution in [3.63, 3.8) is 0 Å². The second kappa shape index (κ2) is 10.7. The summed E-state index contributed by atoms with van der Waals surface area (Å²) in [6, 6.07) is 9.65. The van der Waals surface area contributed by atoms with Gasteiger partial charge in [-0.2, -0.15) is 0 Å². The van der Waals surface area contributed by atoms with Gasteiger partial charge in [-0.3, -0.25) is 14.2 Å². The lowest BCUT2D eigenvalue weighted by Gasteiger charge is -2.27. The van der Waals surface area contributed by atoms with E-state index in [9.17, 15) is 14.4 Å². The molecule has 0 bridgehead atoms. The minimum absolute atomic E-state index is 0.155. The largest absolute Gasteiger partial charge is 0.496 e. The van der Waals surface area contributed by atoms with E-state index in [1.54, 1.807) is 32.2 Å². The number of halogens is 2. The number of amides is 1. The highest BCUT2D eigenvalue weighted by Crippen LogP contribution is 2.39. The van der Waals surface area contributed by atoms with Crippen molar-refractivity contribution in [1.82, 2.24) is 4.57 Å². The molecule has 2 aromatic carbocycles. The Bertz CT molecular complexity index is 1740. The molecule has 2 aliphatic heterocycles. The monoisotopic (exact) mass is 629 g/mol. The van der Waals surface area contributed by atoms with Gasteiger partial charge < -0.3 is 14.4 Å². The molecule has 1 atom stereocenters. The Hall–Kier alpha value is -3.21. The highest BCUT2D eigenvalue weighted by Gasteiger charge is 2.38. The molecule has 3 aromatic rings. The summed E-state index contributed by atoms with van der Waals surface area (Å²) in [5.74, 6) is -0.405. The van der Waals surface area contributed by atoms with Crippen LogP contribution in [0, 0.1) is 0 Å². The van der Waals surface area contributed by atoms with Gasteiger partial charge in [0, 0.05) is 27.7 Å². The third-order valence-electron chi connectivity index (χ3n) is 6.69. The molecule has 0 unspecified atom stereocenters. The number of anilines is 1. The van der Waals surface area contributed by atoms with Crippen LogP contribution in [0.15, 0.2) is 61.9 Å². The summed E-state index contributed by atoms with van der Waals surface area (Å²) in [7, 11) is 3.19. The number of nitrogens with zero attached hydrogens (tertiary/aromatic N) is 3. The number of hydrogen-bond donors (Lipinski definition) is 0. The molecular weight excluding hydrogens is 606 g/mol. The summed E-state index contributed by atoms with van der Waals surface area (Å²) in [4.78, 5) is 47.8. The number of carbonyl (C=O) groups is 2. The fourth-order valence-corrected chi connectivity index (χ4v) is 6.65. The topological polar surface area (TPSA) is 90.2 Å².